The van der Waals surface area contributed by atoms with Gasteiger partial charge in [0.25, 0.3) is 0 Å². The summed E-state index contributed by atoms with van der Waals surface area (Å²) in [5.41, 5.74) is 0.967. The number of benzene rings is 1. The van der Waals surface area contributed by atoms with E-state index in [1.165, 1.54) is 12.1 Å². The van der Waals surface area contributed by atoms with Crippen molar-refractivity contribution in [2.45, 2.75) is 32.8 Å². The Kier molecular flexibility index (Phi) is 5.98. The predicted molar refractivity (Wildman–Crippen MR) is 80.1 cm³/mol. The fourth-order valence-electron chi connectivity index (χ4n) is 2.47. The Balaban J connectivity index is 1.70. The van der Waals surface area contributed by atoms with E-state index in [0.717, 1.165) is 31.5 Å². The van der Waals surface area contributed by atoms with Gasteiger partial charge in [0.2, 0.25) is 0 Å². The SMILES string of the molecule is CC1CCN(C(=O)NCCc2ccc(OC(F)F)cc2)CC1. The zero-order valence-corrected chi connectivity index (χ0v) is 12.7. The standard InChI is InChI=1S/C16H22F2N2O2/c1-12-7-10-20(11-8-12)16(21)19-9-6-13-2-4-14(5-3-13)22-15(17)18/h2-5,12,15H,6-11H2,1H3,(H,19,21). The van der Waals surface area contributed by atoms with Crippen LogP contribution in [0.2, 0.25) is 0 Å². The second-order valence-electron chi connectivity index (χ2n) is 5.67. The van der Waals surface area contributed by atoms with Crippen molar-refractivity contribution in [3.8, 4) is 5.75 Å². The molecule has 2 amide bonds. The number of likely N-dealkylation sites (tertiary alicyclic amines) is 1. The molecule has 22 heavy (non-hydrogen) atoms. The minimum atomic E-state index is -2.81. The van der Waals surface area contributed by atoms with E-state index >= 15 is 0 Å². The van der Waals surface area contributed by atoms with E-state index in [1.54, 1.807) is 12.1 Å². The molecule has 0 saturated carbocycles. The van der Waals surface area contributed by atoms with Crippen LogP contribution in [0.1, 0.15) is 25.3 Å². The zero-order valence-electron chi connectivity index (χ0n) is 12.7. The molecule has 1 aromatic carbocycles. The van der Waals surface area contributed by atoms with E-state index in [0.29, 0.717) is 18.9 Å². The highest BCUT2D eigenvalue weighted by atomic mass is 19.3. The van der Waals surface area contributed by atoms with Gasteiger partial charge in [-0.1, -0.05) is 19.1 Å². The molecular formula is C16H22F2N2O2. The Labute approximate surface area is 129 Å². The monoisotopic (exact) mass is 312 g/mol. The lowest BCUT2D eigenvalue weighted by Crippen LogP contribution is -2.44. The smallest absolute Gasteiger partial charge is 0.387 e. The second kappa shape index (κ2) is 7.96. The minimum Gasteiger partial charge on any atom is -0.435 e. The van der Waals surface area contributed by atoms with E-state index in [2.05, 4.69) is 17.0 Å². The van der Waals surface area contributed by atoms with E-state index in [1.807, 2.05) is 4.90 Å². The molecule has 1 saturated heterocycles. The van der Waals surface area contributed by atoms with Gasteiger partial charge in [0.05, 0.1) is 0 Å². The predicted octanol–water partition coefficient (Wildman–Crippen LogP) is 3.27. The van der Waals surface area contributed by atoms with Crippen LogP contribution in [-0.2, 0) is 6.42 Å². The van der Waals surface area contributed by atoms with Crippen molar-refractivity contribution in [3.05, 3.63) is 29.8 Å². The molecule has 1 aromatic rings. The first-order valence-corrected chi connectivity index (χ1v) is 7.61. The third-order valence-electron chi connectivity index (χ3n) is 3.91. The van der Waals surface area contributed by atoms with Crippen LogP contribution in [0, 0.1) is 5.92 Å². The number of piperidine rings is 1. The van der Waals surface area contributed by atoms with Crippen molar-refractivity contribution in [2.24, 2.45) is 5.92 Å². The van der Waals surface area contributed by atoms with E-state index in [-0.39, 0.29) is 11.8 Å². The maximum absolute atomic E-state index is 12.0. The van der Waals surface area contributed by atoms with Crippen molar-refractivity contribution in [3.63, 3.8) is 0 Å². The molecule has 1 aliphatic heterocycles. The highest BCUT2D eigenvalue weighted by Crippen LogP contribution is 2.16. The maximum Gasteiger partial charge on any atom is 0.387 e. The molecule has 1 fully saturated rings. The molecule has 2 rings (SSSR count). The molecule has 0 bridgehead atoms. The molecule has 122 valence electrons. The van der Waals surface area contributed by atoms with Crippen LogP contribution in [0.15, 0.2) is 24.3 Å². The summed E-state index contributed by atoms with van der Waals surface area (Å²) >= 11 is 0. The summed E-state index contributed by atoms with van der Waals surface area (Å²) in [6.45, 7) is 1.55. The van der Waals surface area contributed by atoms with E-state index in [4.69, 9.17) is 0 Å². The normalized spacial score (nSPS) is 15.9. The van der Waals surface area contributed by atoms with Gasteiger partial charge < -0.3 is 15.0 Å². The van der Waals surface area contributed by atoms with E-state index in [9.17, 15) is 13.6 Å². The Morgan fingerprint density at radius 1 is 1.32 bits per heavy atom. The van der Waals surface area contributed by atoms with Crippen LogP contribution < -0.4 is 10.1 Å². The average molecular weight is 312 g/mol. The molecule has 0 spiro atoms. The van der Waals surface area contributed by atoms with Crippen molar-refractivity contribution in [2.75, 3.05) is 19.6 Å². The van der Waals surface area contributed by atoms with Gasteiger partial charge in [-0.2, -0.15) is 8.78 Å². The number of nitrogens with zero attached hydrogens (tertiary/aromatic N) is 1. The van der Waals surface area contributed by atoms with Gasteiger partial charge in [-0.25, -0.2) is 4.79 Å². The first-order chi connectivity index (χ1) is 10.5. The van der Waals surface area contributed by atoms with Crippen molar-refractivity contribution in [1.82, 2.24) is 10.2 Å². The number of rotatable bonds is 5. The van der Waals surface area contributed by atoms with Crippen LogP contribution in [0.5, 0.6) is 5.75 Å². The molecular weight excluding hydrogens is 290 g/mol. The summed E-state index contributed by atoms with van der Waals surface area (Å²) in [7, 11) is 0. The summed E-state index contributed by atoms with van der Waals surface area (Å²) in [5, 5.41) is 2.90. The summed E-state index contributed by atoms with van der Waals surface area (Å²) in [5.74, 6) is 0.836. The van der Waals surface area contributed by atoms with Gasteiger partial charge in [-0.15, -0.1) is 0 Å². The largest absolute Gasteiger partial charge is 0.435 e. The van der Waals surface area contributed by atoms with Crippen molar-refractivity contribution in [1.29, 1.82) is 0 Å². The number of carbonyl (C=O) groups excluding carboxylic acids is 1. The number of hydrogen-bond acceptors (Lipinski definition) is 2. The number of carbonyl (C=O) groups is 1. The van der Waals surface area contributed by atoms with E-state index < -0.39 is 6.61 Å². The lowest BCUT2D eigenvalue weighted by molar-refractivity contribution is -0.0498. The highest BCUT2D eigenvalue weighted by Gasteiger charge is 2.19. The molecule has 0 aromatic heterocycles. The summed E-state index contributed by atoms with van der Waals surface area (Å²) in [6.07, 6.45) is 2.77. The topological polar surface area (TPSA) is 41.6 Å². The number of urea groups is 1. The molecule has 0 unspecified atom stereocenters. The quantitative estimate of drug-likeness (QED) is 0.906. The van der Waals surface area contributed by atoms with Gasteiger partial charge in [-0.05, 0) is 42.9 Å². The fourth-order valence-corrected chi connectivity index (χ4v) is 2.47. The molecule has 0 atom stereocenters. The Morgan fingerprint density at radius 2 is 1.95 bits per heavy atom. The van der Waals surface area contributed by atoms with Crippen LogP contribution in [-0.4, -0.2) is 37.2 Å². The van der Waals surface area contributed by atoms with Crippen LogP contribution in [0.3, 0.4) is 0 Å². The average Bonchev–Trinajstić information content (AvgIpc) is 2.49. The van der Waals surface area contributed by atoms with Gasteiger partial charge in [0.15, 0.2) is 0 Å². The molecule has 1 heterocycles. The van der Waals surface area contributed by atoms with Gasteiger partial charge in [0.1, 0.15) is 5.75 Å². The Bertz CT molecular complexity index is 472. The third-order valence-corrected chi connectivity index (χ3v) is 3.91. The number of amides is 2. The van der Waals surface area contributed by atoms with Crippen LogP contribution in [0.4, 0.5) is 13.6 Å². The molecule has 1 aliphatic rings. The number of hydrogen-bond donors (Lipinski definition) is 1. The van der Waals surface area contributed by atoms with Gasteiger partial charge >= 0.3 is 12.6 Å². The van der Waals surface area contributed by atoms with Crippen LogP contribution >= 0.6 is 0 Å². The Hall–Kier alpha value is -1.85. The van der Waals surface area contributed by atoms with Crippen molar-refractivity contribution < 1.29 is 18.3 Å². The number of ether oxygens (including phenoxy) is 1. The van der Waals surface area contributed by atoms with Gasteiger partial charge in [0, 0.05) is 19.6 Å². The third kappa shape index (κ3) is 5.16. The van der Waals surface area contributed by atoms with Gasteiger partial charge in [-0.3, -0.25) is 0 Å². The molecule has 4 nitrogen and oxygen atoms in total. The maximum atomic E-state index is 12.0. The first kappa shape index (κ1) is 16.5. The number of halogens is 2. The summed E-state index contributed by atoms with van der Waals surface area (Å²) in [4.78, 5) is 13.8. The first-order valence-electron chi connectivity index (χ1n) is 7.61. The fraction of sp³-hybridized carbons (Fsp3) is 0.562. The molecule has 6 heteroatoms. The van der Waals surface area contributed by atoms with Crippen molar-refractivity contribution >= 4 is 6.03 Å². The molecule has 0 aliphatic carbocycles. The number of nitrogens with one attached hydrogen (secondary N) is 1. The summed E-state index contributed by atoms with van der Waals surface area (Å²) < 4.78 is 28.4. The lowest BCUT2D eigenvalue weighted by Gasteiger charge is -2.30. The number of alkyl halides is 2. The second-order valence-corrected chi connectivity index (χ2v) is 5.67. The minimum absolute atomic E-state index is 0.0236. The molecule has 0 radical (unpaired) electrons. The zero-order chi connectivity index (χ0) is 15.9. The molecule has 1 N–H and O–H groups in total. The lowest BCUT2D eigenvalue weighted by atomic mass is 10.00. The Morgan fingerprint density at radius 3 is 2.55 bits per heavy atom. The van der Waals surface area contributed by atoms with Crippen LogP contribution in [0.25, 0.3) is 0 Å². The highest BCUT2D eigenvalue weighted by molar-refractivity contribution is 5.74. The summed E-state index contributed by atoms with van der Waals surface area (Å²) in [6, 6.07) is 6.45.